The molecule has 0 spiro atoms. The molecule has 1 atom stereocenters. The van der Waals surface area contributed by atoms with Crippen LogP contribution in [-0.4, -0.2) is 44.3 Å². The second-order valence-electron chi connectivity index (χ2n) is 7.12. The molecule has 1 aromatic heterocycles. The van der Waals surface area contributed by atoms with Gasteiger partial charge in [0.2, 0.25) is 0 Å². The number of benzene rings is 1. The summed E-state index contributed by atoms with van der Waals surface area (Å²) in [6.07, 6.45) is 1.98. The molecule has 2 heterocycles. The molecule has 138 valence electrons. The lowest BCUT2D eigenvalue weighted by Gasteiger charge is -2.32. The Balaban J connectivity index is 2.13. The molecule has 1 aliphatic heterocycles. The highest BCUT2D eigenvalue weighted by atomic mass is 16.4. The minimum absolute atomic E-state index is 0.147. The Kier molecular flexibility index (Phi) is 5.06. The number of rotatable bonds is 4. The number of hydrogen-bond donors (Lipinski definition) is 1. The summed E-state index contributed by atoms with van der Waals surface area (Å²) in [5.41, 5.74) is -0.0896. The standard InChI is InChI=1S/C19H23N3O4/c1-12(2)11-22-17(23)14-8-4-3-7-13(14)16(20-22)18(24)21-10-6-5-9-15(21)19(25)26/h3-4,7-8,12,15H,5-6,9-11H2,1-2H3,(H,25,26). The number of likely N-dealkylation sites (tertiary alicyclic amines) is 1. The SMILES string of the molecule is CC(C)Cn1nc(C(=O)N2CCCCC2C(=O)O)c2ccccc2c1=O. The summed E-state index contributed by atoms with van der Waals surface area (Å²) >= 11 is 0. The normalized spacial score (nSPS) is 17.7. The van der Waals surface area contributed by atoms with Crippen molar-refractivity contribution in [3.8, 4) is 0 Å². The van der Waals surface area contributed by atoms with Crippen molar-refractivity contribution >= 4 is 22.6 Å². The summed E-state index contributed by atoms with van der Waals surface area (Å²) in [4.78, 5) is 38.8. The van der Waals surface area contributed by atoms with Gasteiger partial charge in [0.15, 0.2) is 5.69 Å². The van der Waals surface area contributed by atoms with Crippen LogP contribution in [0.2, 0.25) is 0 Å². The number of hydrogen-bond acceptors (Lipinski definition) is 4. The maximum absolute atomic E-state index is 13.2. The van der Waals surface area contributed by atoms with E-state index in [1.807, 2.05) is 13.8 Å². The maximum Gasteiger partial charge on any atom is 0.326 e. The van der Waals surface area contributed by atoms with E-state index in [-0.39, 0.29) is 17.2 Å². The summed E-state index contributed by atoms with van der Waals surface area (Å²) in [5, 5.41) is 14.7. The van der Waals surface area contributed by atoms with Gasteiger partial charge in [-0.3, -0.25) is 9.59 Å². The highest BCUT2D eigenvalue weighted by molar-refractivity contribution is 6.05. The van der Waals surface area contributed by atoms with E-state index in [4.69, 9.17) is 0 Å². The number of nitrogens with zero attached hydrogens (tertiary/aromatic N) is 3. The zero-order valence-corrected chi connectivity index (χ0v) is 15.0. The van der Waals surface area contributed by atoms with Crippen LogP contribution in [0, 0.1) is 5.92 Å². The minimum Gasteiger partial charge on any atom is -0.480 e. The summed E-state index contributed by atoms with van der Waals surface area (Å²) < 4.78 is 1.32. The molecule has 0 saturated carbocycles. The number of carboxylic acids is 1. The predicted octanol–water partition coefficient (Wildman–Crippen LogP) is 2.13. The first-order chi connectivity index (χ1) is 12.4. The summed E-state index contributed by atoms with van der Waals surface area (Å²) in [7, 11) is 0. The average molecular weight is 357 g/mol. The molecule has 7 heteroatoms. The lowest BCUT2D eigenvalue weighted by molar-refractivity contribution is -0.143. The van der Waals surface area contributed by atoms with E-state index in [0.29, 0.717) is 30.3 Å². The Hall–Kier alpha value is -2.70. The summed E-state index contributed by atoms with van der Waals surface area (Å²) in [6.45, 7) is 4.72. The topological polar surface area (TPSA) is 92.5 Å². The van der Waals surface area contributed by atoms with E-state index in [1.165, 1.54) is 9.58 Å². The zero-order valence-electron chi connectivity index (χ0n) is 15.0. The molecular weight excluding hydrogens is 334 g/mol. The monoisotopic (exact) mass is 357 g/mol. The van der Waals surface area contributed by atoms with Crippen molar-refractivity contribution in [3.63, 3.8) is 0 Å². The van der Waals surface area contributed by atoms with Crippen molar-refractivity contribution in [1.29, 1.82) is 0 Å². The second-order valence-corrected chi connectivity index (χ2v) is 7.12. The van der Waals surface area contributed by atoms with Crippen LogP contribution in [0.1, 0.15) is 43.6 Å². The van der Waals surface area contributed by atoms with Gasteiger partial charge in [-0.1, -0.05) is 32.0 Å². The molecular formula is C19H23N3O4. The zero-order chi connectivity index (χ0) is 18.8. The van der Waals surface area contributed by atoms with Gasteiger partial charge in [-0.05, 0) is 31.2 Å². The first-order valence-electron chi connectivity index (χ1n) is 8.93. The third-order valence-corrected chi connectivity index (χ3v) is 4.66. The molecule has 26 heavy (non-hydrogen) atoms. The molecule has 0 aliphatic carbocycles. The maximum atomic E-state index is 13.2. The molecule has 1 amide bonds. The van der Waals surface area contributed by atoms with Gasteiger partial charge in [-0.2, -0.15) is 5.10 Å². The van der Waals surface area contributed by atoms with Gasteiger partial charge in [0.25, 0.3) is 11.5 Å². The number of piperidine rings is 1. The number of aromatic nitrogens is 2. The van der Waals surface area contributed by atoms with E-state index < -0.39 is 17.9 Å². The molecule has 1 aliphatic rings. The fraction of sp³-hybridized carbons (Fsp3) is 0.474. The Morgan fingerprint density at radius 2 is 1.92 bits per heavy atom. The number of amides is 1. The quantitative estimate of drug-likeness (QED) is 0.905. The van der Waals surface area contributed by atoms with Crippen LogP contribution in [0.4, 0.5) is 0 Å². The van der Waals surface area contributed by atoms with Crippen LogP contribution in [0.5, 0.6) is 0 Å². The molecule has 1 saturated heterocycles. The largest absolute Gasteiger partial charge is 0.480 e. The van der Waals surface area contributed by atoms with Crippen LogP contribution in [0.25, 0.3) is 10.8 Å². The molecule has 3 rings (SSSR count). The van der Waals surface area contributed by atoms with Crippen molar-refractivity contribution in [2.45, 2.75) is 45.7 Å². The van der Waals surface area contributed by atoms with Crippen molar-refractivity contribution < 1.29 is 14.7 Å². The van der Waals surface area contributed by atoms with Crippen LogP contribution in [0.3, 0.4) is 0 Å². The fourth-order valence-corrected chi connectivity index (χ4v) is 3.43. The van der Waals surface area contributed by atoms with Crippen LogP contribution in [0.15, 0.2) is 29.1 Å². The van der Waals surface area contributed by atoms with Crippen molar-refractivity contribution in [3.05, 3.63) is 40.3 Å². The molecule has 1 unspecified atom stereocenters. The number of aliphatic carboxylic acids is 1. The highest BCUT2D eigenvalue weighted by Crippen LogP contribution is 2.22. The molecule has 1 aromatic carbocycles. The molecule has 1 N–H and O–H groups in total. The van der Waals surface area contributed by atoms with E-state index in [0.717, 1.165) is 12.8 Å². The van der Waals surface area contributed by atoms with E-state index in [9.17, 15) is 19.5 Å². The van der Waals surface area contributed by atoms with Crippen molar-refractivity contribution in [2.75, 3.05) is 6.54 Å². The van der Waals surface area contributed by atoms with E-state index >= 15 is 0 Å². The Labute approximate surface area is 151 Å². The Morgan fingerprint density at radius 3 is 2.58 bits per heavy atom. The highest BCUT2D eigenvalue weighted by Gasteiger charge is 2.34. The average Bonchev–Trinajstić information content (AvgIpc) is 2.63. The van der Waals surface area contributed by atoms with Gasteiger partial charge in [-0.25, -0.2) is 9.48 Å². The number of carboxylic acid groups (broad SMARTS) is 1. The summed E-state index contributed by atoms with van der Waals surface area (Å²) in [6, 6.07) is 6.02. The molecule has 0 radical (unpaired) electrons. The lowest BCUT2D eigenvalue weighted by atomic mass is 10.0. The number of carbonyl (C=O) groups excluding carboxylic acids is 1. The first kappa shape index (κ1) is 18.1. The van der Waals surface area contributed by atoms with Gasteiger partial charge in [0, 0.05) is 18.5 Å². The van der Waals surface area contributed by atoms with Crippen LogP contribution >= 0.6 is 0 Å². The fourth-order valence-electron chi connectivity index (χ4n) is 3.43. The van der Waals surface area contributed by atoms with E-state index in [1.54, 1.807) is 24.3 Å². The number of fused-ring (bicyclic) bond motifs is 1. The first-order valence-corrected chi connectivity index (χ1v) is 8.93. The third kappa shape index (κ3) is 3.34. The van der Waals surface area contributed by atoms with Crippen LogP contribution in [-0.2, 0) is 11.3 Å². The molecule has 2 aromatic rings. The smallest absolute Gasteiger partial charge is 0.326 e. The van der Waals surface area contributed by atoms with Crippen molar-refractivity contribution in [1.82, 2.24) is 14.7 Å². The third-order valence-electron chi connectivity index (χ3n) is 4.66. The van der Waals surface area contributed by atoms with Gasteiger partial charge in [0.05, 0.1) is 5.39 Å². The molecule has 7 nitrogen and oxygen atoms in total. The Bertz CT molecular complexity index is 903. The predicted molar refractivity (Wildman–Crippen MR) is 97.2 cm³/mol. The van der Waals surface area contributed by atoms with Crippen molar-refractivity contribution in [2.24, 2.45) is 5.92 Å². The lowest BCUT2D eigenvalue weighted by Crippen LogP contribution is -2.48. The Morgan fingerprint density at radius 1 is 1.23 bits per heavy atom. The minimum atomic E-state index is -1.00. The second kappa shape index (κ2) is 7.27. The van der Waals surface area contributed by atoms with Gasteiger partial charge < -0.3 is 10.0 Å². The van der Waals surface area contributed by atoms with E-state index in [2.05, 4.69) is 5.10 Å². The summed E-state index contributed by atoms with van der Waals surface area (Å²) in [5.74, 6) is -1.24. The molecule has 0 bridgehead atoms. The van der Waals surface area contributed by atoms with Gasteiger partial charge in [0.1, 0.15) is 6.04 Å². The number of carbonyl (C=O) groups is 2. The van der Waals surface area contributed by atoms with Gasteiger partial charge >= 0.3 is 5.97 Å². The van der Waals surface area contributed by atoms with Crippen LogP contribution < -0.4 is 5.56 Å². The molecule has 1 fully saturated rings. The van der Waals surface area contributed by atoms with Gasteiger partial charge in [-0.15, -0.1) is 0 Å².